The van der Waals surface area contributed by atoms with Crippen molar-refractivity contribution < 1.29 is 23.6 Å². The number of nitrogens with one attached hydrogen (secondary N) is 1. The first-order chi connectivity index (χ1) is 11.7. The van der Waals surface area contributed by atoms with Crippen LogP contribution in [0.15, 0.2) is 34.9 Å². The van der Waals surface area contributed by atoms with Gasteiger partial charge in [0.1, 0.15) is 11.4 Å². The average Bonchev–Trinajstić information content (AvgIpc) is 3.06. The first-order valence-electron chi connectivity index (χ1n) is 7.84. The van der Waals surface area contributed by atoms with Crippen molar-refractivity contribution in [3.63, 3.8) is 0 Å². The van der Waals surface area contributed by atoms with Crippen molar-refractivity contribution in [3.05, 3.63) is 47.3 Å². The van der Waals surface area contributed by atoms with Gasteiger partial charge in [-0.25, -0.2) is 4.79 Å². The van der Waals surface area contributed by atoms with Gasteiger partial charge in [-0.2, -0.15) is 0 Å². The number of carbonyl (C=O) groups excluding carboxylic acids is 2. The van der Waals surface area contributed by atoms with Gasteiger partial charge in [-0.05, 0) is 39.8 Å². The topological polar surface area (TPSA) is 90.7 Å². The van der Waals surface area contributed by atoms with E-state index < -0.39 is 17.6 Å². The zero-order valence-corrected chi connectivity index (χ0v) is 15.0. The molecule has 0 radical (unpaired) electrons. The molecule has 0 spiro atoms. The van der Waals surface area contributed by atoms with Crippen molar-refractivity contribution in [1.29, 1.82) is 0 Å². The van der Waals surface area contributed by atoms with Crippen LogP contribution in [0.2, 0.25) is 0 Å². The van der Waals surface area contributed by atoms with Gasteiger partial charge in [-0.1, -0.05) is 22.9 Å². The predicted molar refractivity (Wildman–Crippen MR) is 90.3 cm³/mol. The first-order valence-corrected chi connectivity index (χ1v) is 7.84. The second-order valence-electron chi connectivity index (χ2n) is 6.26. The van der Waals surface area contributed by atoms with E-state index in [1.165, 1.54) is 13.2 Å². The fraction of sp³-hybridized carbons (Fsp3) is 0.389. The Balaban J connectivity index is 2.03. The molecule has 2 aromatic rings. The molecule has 1 atom stereocenters. The van der Waals surface area contributed by atoms with Crippen molar-refractivity contribution in [3.8, 4) is 5.75 Å². The van der Waals surface area contributed by atoms with E-state index in [1.807, 2.05) is 31.2 Å². The summed E-state index contributed by atoms with van der Waals surface area (Å²) in [6.07, 6.45) is -0.700. The zero-order chi connectivity index (χ0) is 18.6. The molecule has 0 saturated heterocycles. The summed E-state index contributed by atoms with van der Waals surface area (Å²) in [5.74, 6) is -0.352. The van der Waals surface area contributed by atoms with Crippen LogP contribution < -0.4 is 10.1 Å². The minimum atomic E-state index is -0.849. The molecular weight excluding hydrogens is 324 g/mol. The van der Waals surface area contributed by atoms with E-state index in [9.17, 15) is 9.59 Å². The first kappa shape index (κ1) is 18.5. The molecule has 1 heterocycles. The number of aromatic nitrogens is 1. The molecule has 1 aromatic heterocycles. The van der Waals surface area contributed by atoms with E-state index in [-0.39, 0.29) is 11.7 Å². The lowest BCUT2D eigenvalue weighted by atomic mass is 10.00. The number of carbonyl (C=O) groups is 2. The molecule has 2 rings (SSSR count). The van der Waals surface area contributed by atoms with Crippen LogP contribution in [0.4, 0.5) is 0 Å². The molecule has 1 amide bonds. The highest BCUT2D eigenvalue weighted by Crippen LogP contribution is 2.21. The van der Waals surface area contributed by atoms with Crippen LogP contribution in [-0.4, -0.2) is 30.2 Å². The molecule has 0 aliphatic carbocycles. The summed E-state index contributed by atoms with van der Waals surface area (Å²) < 4.78 is 15.2. The molecule has 134 valence electrons. The second kappa shape index (κ2) is 7.38. The number of aryl methyl sites for hydroxylation is 1. The maximum Gasteiger partial charge on any atom is 0.376 e. The number of hydrogen-bond donors (Lipinski definition) is 1. The molecule has 0 unspecified atom stereocenters. The monoisotopic (exact) mass is 346 g/mol. The van der Waals surface area contributed by atoms with E-state index in [0.717, 1.165) is 5.56 Å². The van der Waals surface area contributed by atoms with Crippen LogP contribution in [0.3, 0.4) is 0 Å². The van der Waals surface area contributed by atoms with E-state index >= 15 is 0 Å². The highest BCUT2D eigenvalue weighted by molar-refractivity contribution is 5.86. The van der Waals surface area contributed by atoms with Gasteiger partial charge in [0.15, 0.2) is 6.10 Å². The number of ether oxygens (including phenoxy) is 2. The molecule has 0 bridgehead atoms. The molecule has 0 saturated carbocycles. The normalized spacial score (nSPS) is 12.4. The molecule has 1 aromatic carbocycles. The molecular formula is C18H22N2O5. The fourth-order valence-corrected chi connectivity index (χ4v) is 2.11. The second-order valence-corrected chi connectivity index (χ2v) is 6.26. The van der Waals surface area contributed by atoms with Gasteiger partial charge in [-0.3, -0.25) is 4.79 Å². The van der Waals surface area contributed by atoms with Crippen molar-refractivity contribution >= 4 is 11.9 Å². The lowest BCUT2D eigenvalue weighted by molar-refractivity contribution is -0.129. The van der Waals surface area contributed by atoms with E-state index in [2.05, 4.69) is 15.2 Å². The van der Waals surface area contributed by atoms with Crippen molar-refractivity contribution in [2.24, 2.45) is 0 Å². The molecule has 0 aliphatic heterocycles. The van der Waals surface area contributed by atoms with Gasteiger partial charge < -0.3 is 19.3 Å². The van der Waals surface area contributed by atoms with E-state index in [0.29, 0.717) is 11.4 Å². The molecule has 25 heavy (non-hydrogen) atoms. The smallest absolute Gasteiger partial charge is 0.376 e. The lowest BCUT2D eigenvalue weighted by Crippen LogP contribution is -2.46. The Labute approximate surface area is 146 Å². The van der Waals surface area contributed by atoms with Crippen LogP contribution in [0.1, 0.15) is 42.6 Å². The number of esters is 1. The van der Waals surface area contributed by atoms with Crippen LogP contribution in [0.25, 0.3) is 0 Å². The summed E-state index contributed by atoms with van der Waals surface area (Å²) in [6.45, 7) is 7.14. The maximum absolute atomic E-state index is 12.4. The third-order valence-electron chi connectivity index (χ3n) is 3.68. The van der Waals surface area contributed by atoms with Gasteiger partial charge in [0.2, 0.25) is 5.76 Å². The largest absolute Gasteiger partial charge is 0.481 e. The van der Waals surface area contributed by atoms with Gasteiger partial charge in [0.05, 0.1) is 12.6 Å². The Bertz CT molecular complexity index is 749. The van der Waals surface area contributed by atoms with Crippen LogP contribution >= 0.6 is 0 Å². The maximum atomic E-state index is 12.4. The number of benzene rings is 1. The summed E-state index contributed by atoms with van der Waals surface area (Å²) in [4.78, 5) is 23.9. The molecule has 7 heteroatoms. The number of methoxy groups -OCH3 is 1. The molecule has 7 nitrogen and oxygen atoms in total. The van der Waals surface area contributed by atoms with Crippen LogP contribution in [0, 0.1) is 6.92 Å². The highest BCUT2D eigenvalue weighted by atomic mass is 16.5. The van der Waals surface area contributed by atoms with E-state index in [1.54, 1.807) is 20.8 Å². The third-order valence-corrected chi connectivity index (χ3v) is 3.68. The minimum Gasteiger partial charge on any atom is -0.481 e. The summed E-state index contributed by atoms with van der Waals surface area (Å²) in [5, 5.41) is 6.67. The average molecular weight is 346 g/mol. The zero-order valence-electron chi connectivity index (χ0n) is 15.0. The minimum absolute atomic E-state index is 0.0243. The number of hydrogen-bond acceptors (Lipinski definition) is 6. The van der Waals surface area contributed by atoms with Crippen molar-refractivity contribution in [1.82, 2.24) is 10.5 Å². The lowest BCUT2D eigenvalue weighted by Gasteiger charge is -2.25. The molecule has 0 fully saturated rings. The predicted octanol–water partition coefficient (Wildman–Crippen LogP) is 2.59. The summed E-state index contributed by atoms with van der Waals surface area (Å²) in [6, 6.07) is 8.88. The Hall–Kier alpha value is -2.83. The fourth-order valence-electron chi connectivity index (χ4n) is 2.11. The standard InChI is InChI=1S/C18H22N2O5/c1-11-6-8-13(9-7-11)24-12(2)16(21)19-18(3,4)15-10-14(25-20-15)17(22)23-5/h6-10,12H,1-5H3,(H,19,21)/t12-/m0/s1. The summed E-state index contributed by atoms with van der Waals surface area (Å²) in [5.41, 5.74) is 0.666. The highest BCUT2D eigenvalue weighted by Gasteiger charge is 2.30. The van der Waals surface area contributed by atoms with Crippen LogP contribution in [-0.2, 0) is 15.1 Å². The Morgan fingerprint density at radius 3 is 2.48 bits per heavy atom. The molecule has 1 N–H and O–H groups in total. The SMILES string of the molecule is COC(=O)c1cc(C(C)(C)NC(=O)[C@H](C)Oc2ccc(C)cc2)no1. The van der Waals surface area contributed by atoms with Gasteiger partial charge in [0.25, 0.3) is 5.91 Å². The Morgan fingerprint density at radius 2 is 1.88 bits per heavy atom. The third kappa shape index (κ3) is 4.59. The quantitative estimate of drug-likeness (QED) is 0.809. The van der Waals surface area contributed by atoms with E-state index in [4.69, 9.17) is 9.26 Å². The van der Waals surface area contributed by atoms with Crippen molar-refractivity contribution in [2.75, 3.05) is 7.11 Å². The number of amides is 1. The van der Waals surface area contributed by atoms with Crippen molar-refractivity contribution in [2.45, 2.75) is 39.3 Å². The van der Waals surface area contributed by atoms with Crippen LogP contribution in [0.5, 0.6) is 5.75 Å². The van der Waals surface area contributed by atoms with Gasteiger partial charge in [0, 0.05) is 6.07 Å². The number of nitrogens with zero attached hydrogens (tertiary/aromatic N) is 1. The molecule has 0 aliphatic rings. The Kier molecular flexibility index (Phi) is 5.46. The summed E-state index contributed by atoms with van der Waals surface area (Å²) >= 11 is 0. The number of rotatable bonds is 6. The summed E-state index contributed by atoms with van der Waals surface area (Å²) in [7, 11) is 1.25. The Morgan fingerprint density at radius 1 is 1.24 bits per heavy atom. The van der Waals surface area contributed by atoms with Gasteiger partial charge in [-0.15, -0.1) is 0 Å². The van der Waals surface area contributed by atoms with Gasteiger partial charge >= 0.3 is 5.97 Å².